The molecule has 26 heavy (non-hydrogen) atoms. The number of carbonyl (C=O) groups is 1. The lowest BCUT2D eigenvalue weighted by atomic mass is 10.0. The van der Waals surface area contributed by atoms with Gasteiger partial charge in [0.15, 0.2) is 11.7 Å². The van der Waals surface area contributed by atoms with Gasteiger partial charge in [0.1, 0.15) is 0 Å². The minimum atomic E-state index is -0.221. The van der Waals surface area contributed by atoms with Crippen molar-refractivity contribution in [1.82, 2.24) is 16.0 Å². The van der Waals surface area contributed by atoms with E-state index in [0.29, 0.717) is 30.7 Å². The Morgan fingerprint density at radius 1 is 1.23 bits per heavy atom. The van der Waals surface area contributed by atoms with Gasteiger partial charge in [-0.3, -0.25) is 9.79 Å². The molecule has 1 fully saturated rings. The highest BCUT2D eigenvalue weighted by Gasteiger charge is 2.13. The first-order valence-electron chi connectivity index (χ1n) is 9.21. The second kappa shape index (κ2) is 12.3. The maximum atomic E-state index is 11.7. The van der Waals surface area contributed by atoms with E-state index < -0.39 is 0 Å². The fourth-order valence-electron chi connectivity index (χ4n) is 2.62. The predicted octanol–water partition coefficient (Wildman–Crippen LogP) is 1.01. The maximum absolute atomic E-state index is 11.7. The third kappa shape index (κ3) is 7.88. The maximum Gasteiger partial charge on any atom is 0.287 e. The van der Waals surface area contributed by atoms with E-state index in [4.69, 9.17) is 13.9 Å². The summed E-state index contributed by atoms with van der Waals surface area (Å²) in [5.41, 5.74) is 0. The summed E-state index contributed by atoms with van der Waals surface area (Å²) in [5, 5.41) is 9.16. The number of guanidine groups is 1. The third-order valence-corrected chi connectivity index (χ3v) is 4.12. The van der Waals surface area contributed by atoms with Crippen molar-refractivity contribution in [2.45, 2.75) is 19.3 Å². The summed E-state index contributed by atoms with van der Waals surface area (Å²) >= 11 is 0. The van der Waals surface area contributed by atoms with Crippen LogP contribution in [0, 0.1) is 5.92 Å². The van der Waals surface area contributed by atoms with Crippen molar-refractivity contribution in [3.63, 3.8) is 0 Å². The van der Waals surface area contributed by atoms with Crippen LogP contribution in [0.4, 0.5) is 0 Å². The number of hydrogen-bond acceptors (Lipinski definition) is 5. The van der Waals surface area contributed by atoms with Crippen LogP contribution in [0.1, 0.15) is 29.8 Å². The minimum Gasteiger partial charge on any atom is -0.459 e. The average Bonchev–Trinajstić information content (AvgIpc) is 3.21. The van der Waals surface area contributed by atoms with Crippen LogP contribution in [-0.2, 0) is 9.47 Å². The van der Waals surface area contributed by atoms with Gasteiger partial charge in [0, 0.05) is 53.1 Å². The monoisotopic (exact) mass is 366 g/mol. The molecule has 2 heterocycles. The van der Waals surface area contributed by atoms with E-state index in [1.54, 1.807) is 19.2 Å². The number of amides is 1. The van der Waals surface area contributed by atoms with E-state index >= 15 is 0 Å². The molecule has 8 nitrogen and oxygen atoms in total. The number of nitrogens with one attached hydrogen (secondary N) is 3. The average molecular weight is 366 g/mol. The SMILES string of the molecule is CN=C(NCCCOCC1CCOCC1)NCCNC(=O)c1ccco1. The summed E-state index contributed by atoms with van der Waals surface area (Å²) < 4.78 is 16.1. The van der Waals surface area contributed by atoms with Crippen LogP contribution in [0.2, 0.25) is 0 Å². The third-order valence-electron chi connectivity index (χ3n) is 4.12. The van der Waals surface area contributed by atoms with Gasteiger partial charge >= 0.3 is 0 Å². The summed E-state index contributed by atoms with van der Waals surface area (Å²) in [6.07, 6.45) is 4.60. The van der Waals surface area contributed by atoms with Crippen LogP contribution >= 0.6 is 0 Å². The molecule has 0 bridgehead atoms. The van der Waals surface area contributed by atoms with Crippen LogP contribution < -0.4 is 16.0 Å². The van der Waals surface area contributed by atoms with Crippen molar-refractivity contribution >= 4 is 11.9 Å². The number of carbonyl (C=O) groups excluding carboxylic acids is 1. The fourth-order valence-corrected chi connectivity index (χ4v) is 2.62. The molecule has 3 N–H and O–H groups in total. The van der Waals surface area contributed by atoms with Crippen molar-refractivity contribution in [2.75, 3.05) is 53.1 Å². The molecule has 1 aromatic heterocycles. The molecular formula is C18H30N4O4. The Morgan fingerprint density at radius 3 is 2.73 bits per heavy atom. The van der Waals surface area contributed by atoms with E-state index in [-0.39, 0.29) is 5.91 Å². The highest BCUT2D eigenvalue weighted by molar-refractivity contribution is 5.91. The van der Waals surface area contributed by atoms with Crippen molar-refractivity contribution in [3.05, 3.63) is 24.2 Å². The zero-order chi connectivity index (χ0) is 18.5. The number of hydrogen-bond donors (Lipinski definition) is 3. The normalized spacial score (nSPS) is 15.7. The number of aliphatic imine (C=N–C) groups is 1. The molecule has 0 unspecified atom stereocenters. The number of nitrogens with zero attached hydrogens (tertiary/aromatic N) is 1. The summed E-state index contributed by atoms with van der Waals surface area (Å²) in [7, 11) is 1.72. The molecular weight excluding hydrogens is 336 g/mol. The number of rotatable bonds is 10. The zero-order valence-corrected chi connectivity index (χ0v) is 15.5. The molecule has 8 heteroatoms. The molecule has 1 aliphatic heterocycles. The quantitative estimate of drug-likeness (QED) is 0.325. The molecule has 0 radical (unpaired) electrons. The molecule has 0 saturated carbocycles. The van der Waals surface area contributed by atoms with Gasteiger partial charge in [0.2, 0.25) is 0 Å². The lowest BCUT2D eigenvalue weighted by Crippen LogP contribution is -2.42. The van der Waals surface area contributed by atoms with Gasteiger partial charge in [-0.1, -0.05) is 0 Å². The summed E-state index contributed by atoms with van der Waals surface area (Å²) in [6, 6.07) is 3.32. The minimum absolute atomic E-state index is 0.221. The molecule has 2 rings (SSSR count). The molecule has 1 saturated heterocycles. The first-order chi connectivity index (χ1) is 12.8. The van der Waals surface area contributed by atoms with Crippen LogP contribution in [0.25, 0.3) is 0 Å². The van der Waals surface area contributed by atoms with E-state index in [1.165, 1.54) is 6.26 Å². The summed E-state index contributed by atoms with van der Waals surface area (Å²) in [4.78, 5) is 15.9. The van der Waals surface area contributed by atoms with Gasteiger partial charge < -0.3 is 29.8 Å². The lowest BCUT2D eigenvalue weighted by molar-refractivity contribution is 0.0203. The first-order valence-corrected chi connectivity index (χ1v) is 9.21. The molecule has 0 spiro atoms. The molecule has 1 amide bonds. The van der Waals surface area contributed by atoms with Crippen molar-refractivity contribution < 1.29 is 18.7 Å². The smallest absolute Gasteiger partial charge is 0.287 e. The van der Waals surface area contributed by atoms with Crippen molar-refractivity contribution in [2.24, 2.45) is 10.9 Å². The molecule has 0 aromatic carbocycles. The largest absolute Gasteiger partial charge is 0.459 e. The first kappa shape index (κ1) is 20.3. The molecule has 0 atom stereocenters. The zero-order valence-electron chi connectivity index (χ0n) is 15.5. The van der Waals surface area contributed by atoms with Crippen LogP contribution in [-0.4, -0.2) is 65.0 Å². The highest BCUT2D eigenvalue weighted by atomic mass is 16.5. The lowest BCUT2D eigenvalue weighted by Gasteiger charge is -2.21. The van der Waals surface area contributed by atoms with Gasteiger partial charge in [-0.05, 0) is 37.3 Å². The van der Waals surface area contributed by atoms with Crippen LogP contribution in [0.15, 0.2) is 27.8 Å². The van der Waals surface area contributed by atoms with Gasteiger partial charge in [-0.2, -0.15) is 0 Å². The Balaban J connectivity index is 1.45. The number of ether oxygens (including phenoxy) is 2. The van der Waals surface area contributed by atoms with E-state index in [0.717, 1.165) is 52.2 Å². The van der Waals surface area contributed by atoms with E-state index in [1.807, 2.05) is 0 Å². The van der Waals surface area contributed by atoms with Gasteiger partial charge in [0.05, 0.1) is 6.26 Å². The summed E-state index contributed by atoms with van der Waals surface area (Å²) in [5.74, 6) is 1.44. The van der Waals surface area contributed by atoms with Crippen LogP contribution in [0.3, 0.4) is 0 Å². The second-order valence-electron chi connectivity index (χ2n) is 6.14. The van der Waals surface area contributed by atoms with Gasteiger partial charge in [-0.25, -0.2) is 0 Å². The van der Waals surface area contributed by atoms with Crippen molar-refractivity contribution in [3.8, 4) is 0 Å². The highest BCUT2D eigenvalue weighted by Crippen LogP contribution is 2.14. The Bertz CT molecular complexity index is 527. The van der Waals surface area contributed by atoms with Crippen LogP contribution in [0.5, 0.6) is 0 Å². The molecule has 1 aromatic rings. The Kier molecular flexibility index (Phi) is 9.60. The Morgan fingerprint density at radius 2 is 2.00 bits per heavy atom. The molecule has 0 aliphatic carbocycles. The van der Waals surface area contributed by atoms with Crippen molar-refractivity contribution in [1.29, 1.82) is 0 Å². The molecule has 146 valence electrons. The predicted molar refractivity (Wildman–Crippen MR) is 99.4 cm³/mol. The molecule has 1 aliphatic rings. The van der Waals surface area contributed by atoms with E-state index in [9.17, 15) is 4.79 Å². The van der Waals surface area contributed by atoms with Gasteiger partial charge in [-0.15, -0.1) is 0 Å². The second-order valence-corrected chi connectivity index (χ2v) is 6.14. The fraction of sp³-hybridized carbons (Fsp3) is 0.667. The standard InChI is InChI=1S/C18H30N4O4/c1-19-18(22-9-8-20-17(23)16-4-2-11-26-16)21-7-3-10-25-14-15-5-12-24-13-6-15/h2,4,11,15H,3,5-10,12-14H2,1H3,(H,20,23)(H2,19,21,22). The number of furan rings is 1. The van der Waals surface area contributed by atoms with Gasteiger partial charge in [0.25, 0.3) is 5.91 Å². The Hall–Kier alpha value is -2.06. The summed E-state index contributed by atoms with van der Waals surface area (Å²) in [6.45, 7) is 5.12. The topological polar surface area (TPSA) is 97.1 Å². The van der Waals surface area contributed by atoms with E-state index in [2.05, 4.69) is 20.9 Å². The Labute approximate surface area is 154 Å².